The Bertz CT molecular complexity index is 579. The molecule has 2 aliphatic heterocycles. The van der Waals surface area contributed by atoms with E-state index >= 15 is 0 Å². The number of carbonyl (C=O) groups excluding carboxylic acids is 2. The van der Waals surface area contributed by atoms with Crippen molar-refractivity contribution < 1.29 is 14.3 Å². The average molecular weight is 317 g/mol. The summed E-state index contributed by atoms with van der Waals surface area (Å²) in [6.07, 6.45) is 3.20. The minimum Gasteiger partial charge on any atom is -0.373 e. The second-order valence-corrected chi connectivity index (χ2v) is 6.37. The van der Waals surface area contributed by atoms with Crippen LogP contribution in [0.25, 0.3) is 0 Å². The predicted molar refractivity (Wildman–Crippen MR) is 87.7 cm³/mol. The topological polar surface area (TPSA) is 70.7 Å². The van der Waals surface area contributed by atoms with Crippen molar-refractivity contribution in [2.75, 3.05) is 31.1 Å². The van der Waals surface area contributed by atoms with E-state index in [0.29, 0.717) is 25.2 Å². The maximum absolute atomic E-state index is 12.3. The fourth-order valence-corrected chi connectivity index (χ4v) is 3.01. The van der Waals surface area contributed by atoms with Gasteiger partial charge in [0.15, 0.2) is 0 Å². The van der Waals surface area contributed by atoms with Gasteiger partial charge >= 0.3 is 6.03 Å². The third-order valence-electron chi connectivity index (χ3n) is 4.47. The monoisotopic (exact) mass is 317 g/mol. The zero-order valence-electron chi connectivity index (χ0n) is 13.4. The third kappa shape index (κ3) is 3.64. The van der Waals surface area contributed by atoms with Crippen LogP contribution in [0.5, 0.6) is 0 Å². The SMILES string of the molecule is CC1(CNC(=O)c2ccc(N3CCNC3=O)cc2)CCCCO1. The van der Waals surface area contributed by atoms with Crippen molar-refractivity contribution in [3.05, 3.63) is 29.8 Å². The van der Waals surface area contributed by atoms with Crippen molar-refractivity contribution in [1.29, 1.82) is 0 Å². The first-order chi connectivity index (χ1) is 11.1. The van der Waals surface area contributed by atoms with Crippen LogP contribution in [0.15, 0.2) is 24.3 Å². The lowest BCUT2D eigenvalue weighted by atomic mass is 9.96. The molecule has 2 aliphatic rings. The molecule has 3 rings (SSSR count). The molecule has 23 heavy (non-hydrogen) atoms. The van der Waals surface area contributed by atoms with Crippen LogP contribution in [0, 0.1) is 0 Å². The molecule has 2 N–H and O–H groups in total. The van der Waals surface area contributed by atoms with Gasteiger partial charge in [0.2, 0.25) is 0 Å². The predicted octanol–water partition coefficient (Wildman–Crippen LogP) is 1.91. The lowest BCUT2D eigenvalue weighted by Crippen LogP contribution is -2.44. The molecular weight excluding hydrogens is 294 g/mol. The number of carbonyl (C=O) groups is 2. The number of hydrogen-bond acceptors (Lipinski definition) is 3. The fourth-order valence-electron chi connectivity index (χ4n) is 3.01. The molecule has 6 nitrogen and oxygen atoms in total. The van der Waals surface area contributed by atoms with Crippen molar-refractivity contribution in [3.63, 3.8) is 0 Å². The number of rotatable bonds is 4. The molecule has 0 aromatic heterocycles. The highest BCUT2D eigenvalue weighted by atomic mass is 16.5. The van der Waals surface area contributed by atoms with Crippen LogP contribution in [-0.2, 0) is 4.74 Å². The molecule has 0 bridgehead atoms. The van der Waals surface area contributed by atoms with E-state index in [4.69, 9.17) is 4.74 Å². The highest BCUT2D eigenvalue weighted by Gasteiger charge is 2.28. The molecule has 1 unspecified atom stereocenters. The summed E-state index contributed by atoms with van der Waals surface area (Å²) in [7, 11) is 0. The summed E-state index contributed by atoms with van der Waals surface area (Å²) < 4.78 is 5.78. The Kier molecular flexibility index (Phi) is 4.52. The number of nitrogens with one attached hydrogen (secondary N) is 2. The average Bonchev–Trinajstić information content (AvgIpc) is 3.00. The first-order valence-electron chi connectivity index (χ1n) is 8.15. The maximum Gasteiger partial charge on any atom is 0.321 e. The van der Waals surface area contributed by atoms with E-state index in [1.165, 1.54) is 0 Å². The van der Waals surface area contributed by atoms with E-state index < -0.39 is 0 Å². The molecule has 1 atom stereocenters. The number of anilines is 1. The van der Waals surface area contributed by atoms with Gasteiger partial charge in [0.1, 0.15) is 0 Å². The van der Waals surface area contributed by atoms with Crippen molar-refractivity contribution in [1.82, 2.24) is 10.6 Å². The molecule has 0 spiro atoms. The van der Waals surface area contributed by atoms with Gasteiger partial charge in [-0.15, -0.1) is 0 Å². The van der Waals surface area contributed by atoms with E-state index in [1.807, 2.05) is 6.92 Å². The van der Waals surface area contributed by atoms with Gasteiger partial charge in [-0.2, -0.15) is 0 Å². The van der Waals surface area contributed by atoms with Crippen LogP contribution in [0.4, 0.5) is 10.5 Å². The van der Waals surface area contributed by atoms with Crippen LogP contribution < -0.4 is 15.5 Å². The van der Waals surface area contributed by atoms with Crippen LogP contribution >= 0.6 is 0 Å². The third-order valence-corrected chi connectivity index (χ3v) is 4.47. The summed E-state index contributed by atoms with van der Waals surface area (Å²) in [4.78, 5) is 25.6. The maximum atomic E-state index is 12.3. The molecule has 2 fully saturated rings. The smallest absolute Gasteiger partial charge is 0.321 e. The van der Waals surface area contributed by atoms with Crippen molar-refractivity contribution in [3.8, 4) is 0 Å². The van der Waals surface area contributed by atoms with Crippen LogP contribution in [0.2, 0.25) is 0 Å². The molecule has 124 valence electrons. The summed E-state index contributed by atoms with van der Waals surface area (Å²) in [5, 5.41) is 5.71. The molecular formula is C17H23N3O3. The molecule has 3 amide bonds. The Hall–Kier alpha value is -2.08. The van der Waals surface area contributed by atoms with Crippen molar-refractivity contribution >= 4 is 17.6 Å². The van der Waals surface area contributed by atoms with Gasteiger partial charge in [-0.25, -0.2) is 4.79 Å². The first kappa shape index (κ1) is 15.8. The number of ether oxygens (including phenoxy) is 1. The standard InChI is InChI=1S/C17H23N3O3/c1-17(8-2-3-11-23-17)12-19-15(21)13-4-6-14(7-5-13)20-10-9-18-16(20)22/h4-7H,2-3,8-12H2,1H3,(H,18,22)(H,19,21). The number of urea groups is 1. The van der Waals surface area contributed by atoms with Gasteiger partial charge < -0.3 is 15.4 Å². The molecule has 0 aliphatic carbocycles. The van der Waals surface area contributed by atoms with E-state index in [0.717, 1.165) is 31.6 Å². The van der Waals surface area contributed by atoms with E-state index in [9.17, 15) is 9.59 Å². The molecule has 0 saturated carbocycles. The summed E-state index contributed by atoms with van der Waals surface area (Å²) in [6.45, 7) is 4.63. The fraction of sp³-hybridized carbons (Fsp3) is 0.529. The van der Waals surface area contributed by atoms with E-state index in [-0.39, 0.29) is 17.5 Å². The van der Waals surface area contributed by atoms with Crippen molar-refractivity contribution in [2.24, 2.45) is 0 Å². The normalized spacial score (nSPS) is 24.4. The lowest BCUT2D eigenvalue weighted by Gasteiger charge is -2.33. The van der Waals surface area contributed by atoms with Crippen LogP contribution in [-0.4, -0.2) is 43.8 Å². The van der Waals surface area contributed by atoms with Gasteiger partial charge in [-0.05, 0) is 50.5 Å². The molecule has 6 heteroatoms. The second kappa shape index (κ2) is 6.58. The lowest BCUT2D eigenvalue weighted by molar-refractivity contribution is -0.0618. The summed E-state index contributed by atoms with van der Waals surface area (Å²) in [5.74, 6) is -0.113. The zero-order valence-corrected chi connectivity index (χ0v) is 13.4. The summed E-state index contributed by atoms with van der Waals surface area (Å²) in [5.41, 5.74) is 1.13. The quantitative estimate of drug-likeness (QED) is 0.891. The Balaban J connectivity index is 1.58. The minimum absolute atomic E-state index is 0.0930. The molecule has 2 saturated heterocycles. The van der Waals surface area contributed by atoms with Gasteiger partial charge in [-0.3, -0.25) is 9.69 Å². The Morgan fingerprint density at radius 3 is 2.74 bits per heavy atom. The number of benzene rings is 1. The number of nitrogens with zero attached hydrogens (tertiary/aromatic N) is 1. The van der Waals surface area contributed by atoms with E-state index in [1.54, 1.807) is 29.2 Å². The molecule has 0 radical (unpaired) electrons. The van der Waals surface area contributed by atoms with E-state index in [2.05, 4.69) is 10.6 Å². The molecule has 1 aromatic rings. The highest BCUT2D eigenvalue weighted by Crippen LogP contribution is 2.23. The number of hydrogen-bond donors (Lipinski definition) is 2. The summed E-state index contributed by atoms with van der Waals surface area (Å²) >= 11 is 0. The van der Waals surface area contributed by atoms with Gasteiger partial charge in [0.05, 0.1) is 5.60 Å². The second-order valence-electron chi connectivity index (χ2n) is 6.37. The Morgan fingerprint density at radius 2 is 2.13 bits per heavy atom. The molecule has 1 aromatic carbocycles. The highest BCUT2D eigenvalue weighted by molar-refractivity contribution is 5.97. The van der Waals surface area contributed by atoms with Gasteiger partial charge in [0, 0.05) is 37.5 Å². The van der Waals surface area contributed by atoms with Gasteiger partial charge in [0.25, 0.3) is 5.91 Å². The molecule has 2 heterocycles. The Labute approximate surface area is 136 Å². The summed E-state index contributed by atoms with van der Waals surface area (Å²) in [6, 6.07) is 7.02. The largest absolute Gasteiger partial charge is 0.373 e. The van der Waals surface area contributed by atoms with Gasteiger partial charge in [-0.1, -0.05) is 0 Å². The number of amides is 3. The van der Waals surface area contributed by atoms with Crippen LogP contribution in [0.1, 0.15) is 36.5 Å². The Morgan fingerprint density at radius 1 is 1.35 bits per heavy atom. The van der Waals surface area contributed by atoms with Crippen LogP contribution in [0.3, 0.4) is 0 Å². The zero-order chi connectivity index (χ0) is 16.3. The minimum atomic E-state index is -0.262. The van der Waals surface area contributed by atoms with Crippen molar-refractivity contribution in [2.45, 2.75) is 31.8 Å². The first-order valence-corrected chi connectivity index (χ1v) is 8.15.